The van der Waals surface area contributed by atoms with Crippen LogP contribution in [-0.2, 0) is 6.18 Å². The predicted octanol–water partition coefficient (Wildman–Crippen LogP) is 2.20. The van der Waals surface area contributed by atoms with Gasteiger partial charge in [-0.15, -0.1) is 0 Å². The molecule has 1 aromatic rings. The van der Waals surface area contributed by atoms with Crippen molar-refractivity contribution in [2.75, 3.05) is 13.7 Å². The smallest absolute Gasteiger partial charge is 0.416 e. The topological polar surface area (TPSA) is 47.3 Å². The molecule has 0 spiro atoms. The highest BCUT2D eigenvalue weighted by atomic mass is 19.4. The number of nitrogens with two attached hydrogens (primary N) is 1. The van der Waals surface area contributed by atoms with Gasteiger partial charge in [-0.3, -0.25) is 0 Å². The van der Waals surface area contributed by atoms with E-state index in [0.29, 0.717) is 12.4 Å². The van der Waals surface area contributed by atoms with Gasteiger partial charge in [0.2, 0.25) is 0 Å². The van der Waals surface area contributed by atoms with Crippen molar-refractivity contribution in [2.24, 2.45) is 5.73 Å². The average Bonchev–Trinajstić information content (AvgIpc) is 2.74. The number of benzene rings is 1. The minimum absolute atomic E-state index is 0.189. The van der Waals surface area contributed by atoms with E-state index in [0.717, 1.165) is 6.07 Å². The van der Waals surface area contributed by atoms with Crippen LogP contribution in [0.2, 0.25) is 0 Å². The fraction of sp³-hybridized carbons (Fsp3) is 0.333. The van der Waals surface area contributed by atoms with E-state index in [1.54, 1.807) is 6.08 Å². The van der Waals surface area contributed by atoms with E-state index >= 15 is 0 Å². The molecule has 6 heteroatoms. The van der Waals surface area contributed by atoms with Gasteiger partial charge in [0.15, 0.2) is 0 Å². The molecule has 0 radical (unpaired) electrons. The van der Waals surface area contributed by atoms with Crippen molar-refractivity contribution < 1.29 is 17.9 Å². The summed E-state index contributed by atoms with van der Waals surface area (Å²) in [5.74, 6) is 0.227. The van der Waals surface area contributed by atoms with Crippen molar-refractivity contribution in [1.82, 2.24) is 5.32 Å². The summed E-state index contributed by atoms with van der Waals surface area (Å²) in [7, 11) is 1.34. The highest BCUT2D eigenvalue weighted by Gasteiger charge is 2.36. The van der Waals surface area contributed by atoms with E-state index in [1.807, 2.05) is 0 Å². The molecular weight excluding hydrogens is 245 g/mol. The van der Waals surface area contributed by atoms with Crippen molar-refractivity contribution in [3.8, 4) is 5.75 Å². The molecule has 0 fully saturated rings. The lowest BCUT2D eigenvalue weighted by atomic mass is 9.94. The third-order valence-electron chi connectivity index (χ3n) is 2.87. The zero-order valence-electron chi connectivity index (χ0n) is 9.71. The maximum absolute atomic E-state index is 13.0. The first-order valence-electron chi connectivity index (χ1n) is 5.38. The van der Waals surface area contributed by atoms with E-state index in [4.69, 9.17) is 10.5 Å². The second-order valence-electron chi connectivity index (χ2n) is 4.06. The van der Waals surface area contributed by atoms with E-state index < -0.39 is 11.7 Å². The van der Waals surface area contributed by atoms with Gasteiger partial charge < -0.3 is 15.8 Å². The standard InChI is InChI=1S/C12H13F3N2O/c1-18-8-2-3-9(7-4-11(16)17-6-7)10(5-8)12(13,14)15/h2-5,7,17H,6,16H2,1H3. The number of methoxy groups -OCH3 is 1. The molecular formula is C12H13F3N2O. The molecule has 18 heavy (non-hydrogen) atoms. The van der Waals surface area contributed by atoms with Gasteiger partial charge in [-0.05, 0) is 23.8 Å². The summed E-state index contributed by atoms with van der Waals surface area (Å²) in [5, 5.41) is 2.82. The highest BCUT2D eigenvalue weighted by molar-refractivity contribution is 5.42. The van der Waals surface area contributed by atoms with Gasteiger partial charge in [0.1, 0.15) is 5.75 Å². The molecule has 0 bridgehead atoms. The van der Waals surface area contributed by atoms with Gasteiger partial charge in [0, 0.05) is 12.5 Å². The number of ether oxygens (including phenoxy) is 1. The highest BCUT2D eigenvalue weighted by Crippen LogP contribution is 2.38. The van der Waals surface area contributed by atoms with Crippen LogP contribution in [0.15, 0.2) is 30.1 Å². The molecule has 0 aliphatic carbocycles. The first-order valence-corrected chi connectivity index (χ1v) is 5.38. The Balaban J connectivity index is 2.47. The van der Waals surface area contributed by atoms with Gasteiger partial charge in [-0.1, -0.05) is 6.07 Å². The van der Waals surface area contributed by atoms with Crippen molar-refractivity contribution >= 4 is 0 Å². The molecule has 0 saturated heterocycles. The maximum Gasteiger partial charge on any atom is 0.416 e. The monoisotopic (exact) mass is 258 g/mol. The Bertz CT molecular complexity index is 483. The summed E-state index contributed by atoms with van der Waals surface area (Å²) >= 11 is 0. The number of nitrogens with one attached hydrogen (secondary N) is 1. The second kappa shape index (κ2) is 4.44. The summed E-state index contributed by atoms with van der Waals surface area (Å²) in [5.41, 5.74) is 5.05. The molecule has 98 valence electrons. The van der Waals surface area contributed by atoms with Crippen LogP contribution in [0.3, 0.4) is 0 Å². The van der Waals surface area contributed by atoms with Crippen LogP contribution in [0, 0.1) is 0 Å². The van der Waals surface area contributed by atoms with Crippen LogP contribution in [-0.4, -0.2) is 13.7 Å². The van der Waals surface area contributed by atoms with E-state index in [2.05, 4.69) is 5.32 Å². The quantitative estimate of drug-likeness (QED) is 0.855. The fourth-order valence-electron chi connectivity index (χ4n) is 1.99. The Morgan fingerprint density at radius 3 is 2.61 bits per heavy atom. The lowest BCUT2D eigenvalue weighted by Gasteiger charge is -2.17. The molecule has 1 aliphatic heterocycles. The summed E-state index contributed by atoms with van der Waals surface area (Å²) in [6.45, 7) is 0.376. The third-order valence-corrected chi connectivity index (χ3v) is 2.87. The minimum atomic E-state index is -4.41. The third kappa shape index (κ3) is 2.37. The van der Waals surface area contributed by atoms with Crippen LogP contribution in [0.5, 0.6) is 5.75 Å². The van der Waals surface area contributed by atoms with Crippen LogP contribution >= 0.6 is 0 Å². The van der Waals surface area contributed by atoms with Gasteiger partial charge in [0.25, 0.3) is 0 Å². The number of halogens is 3. The predicted molar refractivity (Wildman–Crippen MR) is 61.0 cm³/mol. The molecule has 1 heterocycles. The Labute approximate surface area is 102 Å². The summed E-state index contributed by atoms with van der Waals surface area (Å²) in [6, 6.07) is 3.97. The molecule has 0 amide bonds. The van der Waals surface area contributed by atoms with Crippen molar-refractivity contribution in [3.63, 3.8) is 0 Å². The van der Waals surface area contributed by atoms with E-state index in [9.17, 15) is 13.2 Å². The van der Waals surface area contributed by atoms with Crippen LogP contribution < -0.4 is 15.8 Å². The van der Waals surface area contributed by atoms with Gasteiger partial charge >= 0.3 is 6.18 Å². The van der Waals surface area contributed by atoms with Gasteiger partial charge in [0.05, 0.1) is 18.5 Å². The second-order valence-corrected chi connectivity index (χ2v) is 4.06. The molecule has 1 aromatic carbocycles. The lowest BCUT2D eigenvalue weighted by molar-refractivity contribution is -0.138. The molecule has 0 aromatic heterocycles. The minimum Gasteiger partial charge on any atom is -0.497 e. The Kier molecular flexibility index (Phi) is 3.11. The Morgan fingerprint density at radius 1 is 1.39 bits per heavy atom. The van der Waals surface area contributed by atoms with Gasteiger partial charge in [-0.2, -0.15) is 13.2 Å². The Morgan fingerprint density at radius 2 is 2.11 bits per heavy atom. The van der Waals surface area contributed by atoms with Crippen molar-refractivity contribution in [1.29, 1.82) is 0 Å². The number of rotatable bonds is 2. The molecule has 1 aliphatic rings. The Hall–Kier alpha value is -1.85. The zero-order valence-corrected chi connectivity index (χ0v) is 9.71. The molecule has 1 unspecified atom stereocenters. The molecule has 2 rings (SSSR count). The first-order chi connectivity index (χ1) is 8.41. The summed E-state index contributed by atoms with van der Waals surface area (Å²) in [6.07, 6.45) is -2.81. The van der Waals surface area contributed by atoms with E-state index in [-0.39, 0.29) is 17.2 Å². The summed E-state index contributed by atoms with van der Waals surface area (Å²) in [4.78, 5) is 0. The molecule has 3 nitrogen and oxygen atoms in total. The normalized spacial score (nSPS) is 19.3. The largest absolute Gasteiger partial charge is 0.497 e. The van der Waals surface area contributed by atoms with Crippen LogP contribution in [0.4, 0.5) is 13.2 Å². The number of alkyl halides is 3. The first kappa shape index (κ1) is 12.6. The summed E-state index contributed by atoms with van der Waals surface area (Å²) < 4.78 is 43.8. The number of hydrogen-bond donors (Lipinski definition) is 2. The molecule has 0 saturated carbocycles. The zero-order chi connectivity index (χ0) is 13.3. The SMILES string of the molecule is COc1ccc(C2C=C(N)NC2)c(C(F)(F)F)c1. The maximum atomic E-state index is 13.0. The van der Waals surface area contributed by atoms with Crippen LogP contribution in [0.25, 0.3) is 0 Å². The van der Waals surface area contributed by atoms with Gasteiger partial charge in [-0.25, -0.2) is 0 Å². The average molecular weight is 258 g/mol. The van der Waals surface area contributed by atoms with Crippen LogP contribution in [0.1, 0.15) is 17.0 Å². The molecule has 3 N–H and O–H groups in total. The molecule has 1 atom stereocenters. The number of hydrogen-bond acceptors (Lipinski definition) is 3. The fourth-order valence-corrected chi connectivity index (χ4v) is 1.99. The van der Waals surface area contributed by atoms with Crippen molar-refractivity contribution in [2.45, 2.75) is 12.1 Å². The van der Waals surface area contributed by atoms with Crippen molar-refractivity contribution in [3.05, 3.63) is 41.2 Å². The lowest BCUT2D eigenvalue weighted by Crippen LogP contribution is -2.18. The van der Waals surface area contributed by atoms with E-state index in [1.165, 1.54) is 19.2 Å².